The van der Waals surface area contributed by atoms with E-state index in [0.29, 0.717) is 5.56 Å². The molecule has 4 N–H and O–H groups in total. The zero-order valence-corrected chi connectivity index (χ0v) is 10.9. The van der Waals surface area contributed by atoms with E-state index in [1.54, 1.807) is 7.11 Å². The lowest BCUT2D eigenvalue weighted by Gasteiger charge is -2.11. The maximum absolute atomic E-state index is 11.2. The fourth-order valence-electron chi connectivity index (χ4n) is 2.06. The number of aromatic carboxylic acids is 1. The molecule has 0 aliphatic rings. The number of carbonyl (C=O) groups is 1. The van der Waals surface area contributed by atoms with Gasteiger partial charge in [-0.3, -0.25) is 5.10 Å². The average Bonchev–Trinajstić information content (AvgIpc) is 2.73. The number of benzene rings is 1. The summed E-state index contributed by atoms with van der Waals surface area (Å²) in [7, 11) is 1.59. The Balaban J connectivity index is 2.69. The Morgan fingerprint density at radius 3 is 2.63 bits per heavy atom. The van der Waals surface area contributed by atoms with Crippen molar-refractivity contribution in [2.24, 2.45) is 0 Å². The summed E-state index contributed by atoms with van der Waals surface area (Å²) >= 11 is 0. The Bertz CT molecular complexity index is 647. The van der Waals surface area contributed by atoms with Crippen LogP contribution in [0.5, 0.6) is 5.75 Å². The van der Waals surface area contributed by atoms with Crippen LogP contribution in [0.15, 0.2) is 12.1 Å². The molecule has 0 radical (unpaired) electrons. The van der Waals surface area contributed by atoms with Crippen molar-refractivity contribution < 1.29 is 14.6 Å². The zero-order chi connectivity index (χ0) is 14.2. The molecule has 0 saturated heterocycles. The van der Waals surface area contributed by atoms with Crippen LogP contribution in [0, 0.1) is 13.8 Å². The van der Waals surface area contributed by atoms with Gasteiger partial charge in [0.05, 0.1) is 12.7 Å². The van der Waals surface area contributed by atoms with E-state index in [1.165, 1.54) is 0 Å². The minimum atomic E-state index is -1.09. The molecule has 0 atom stereocenters. The van der Waals surface area contributed by atoms with E-state index >= 15 is 0 Å². The Morgan fingerprint density at radius 1 is 1.37 bits per heavy atom. The summed E-state index contributed by atoms with van der Waals surface area (Å²) in [4.78, 5) is 11.2. The van der Waals surface area contributed by atoms with Crippen LogP contribution in [0.2, 0.25) is 0 Å². The third-order valence-electron chi connectivity index (χ3n) is 3.02. The Morgan fingerprint density at radius 2 is 2.05 bits per heavy atom. The molecule has 2 rings (SSSR count). The summed E-state index contributed by atoms with van der Waals surface area (Å²) < 4.78 is 5.24. The van der Waals surface area contributed by atoms with Crippen molar-refractivity contribution in [3.63, 3.8) is 0 Å². The van der Waals surface area contributed by atoms with E-state index in [1.807, 2.05) is 26.0 Å². The first kappa shape index (κ1) is 12.9. The smallest absolute Gasteiger partial charge is 0.354 e. The normalized spacial score (nSPS) is 10.5. The van der Waals surface area contributed by atoms with Gasteiger partial charge in [0, 0.05) is 0 Å². The molecular weight excluding hydrogens is 246 g/mol. The van der Waals surface area contributed by atoms with Crippen LogP contribution < -0.4 is 10.5 Å². The first-order valence-electron chi connectivity index (χ1n) is 5.68. The SMILES string of the molecule is COc1cc(C)c(-c2c(N)n[nH]c2C(=O)O)cc1C. The first-order valence-corrected chi connectivity index (χ1v) is 5.68. The molecule has 2 aromatic rings. The van der Waals surface area contributed by atoms with Crippen molar-refractivity contribution in [2.75, 3.05) is 12.8 Å². The molecular formula is C13H15N3O3. The average molecular weight is 261 g/mol. The molecule has 0 spiro atoms. The summed E-state index contributed by atoms with van der Waals surface area (Å²) in [5.41, 5.74) is 8.68. The van der Waals surface area contributed by atoms with Gasteiger partial charge >= 0.3 is 5.97 Å². The molecule has 6 nitrogen and oxygen atoms in total. The van der Waals surface area contributed by atoms with Gasteiger partial charge in [-0.2, -0.15) is 5.10 Å². The number of aromatic nitrogens is 2. The number of ether oxygens (including phenoxy) is 1. The standard InChI is InChI=1S/C13H15N3O3/c1-6-5-9(19-3)7(2)4-8(6)10-11(13(17)18)15-16-12(10)14/h4-5H,1-3H3,(H,17,18)(H3,14,15,16). The molecule has 1 aromatic carbocycles. The van der Waals surface area contributed by atoms with Crippen molar-refractivity contribution in [1.82, 2.24) is 10.2 Å². The van der Waals surface area contributed by atoms with E-state index in [9.17, 15) is 4.79 Å². The Labute approximate surface area is 110 Å². The number of nitrogen functional groups attached to an aromatic ring is 1. The molecule has 0 aliphatic heterocycles. The van der Waals surface area contributed by atoms with Crippen molar-refractivity contribution in [2.45, 2.75) is 13.8 Å². The number of H-pyrrole nitrogens is 1. The van der Waals surface area contributed by atoms with Crippen LogP contribution in [0.25, 0.3) is 11.1 Å². The van der Waals surface area contributed by atoms with Gasteiger partial charge in [-0.1, -0.05) is 0 Å². The van der Waals surface area contributed by atoms with Gasteiger partial charge < -0.3 is 15.6 Å². The second kappa shape index (κ2) is 4.64. The summed E-state index contributed by atoms with van der Waals surface area (Å²) in [6, 6.07) is 3.70. The lowest BCUT2D eigenvalue weighted by Crippen LogP contribution is -2.01. The molecule has 1 aromatic heterocycles. The van der Waals surface area contributed by atoms with E-state index in [0.717, 1.165) is 22.4 Å². The maximum atomic E-state index is 11.2. The minimum Gasteiger partial charge on any atom is -0.496 e. The number of anilines is 1. The van der Waals surface area contributed by atoms with Gasteiger partial charge in [0.2, 0.25) is 0 Å². The second-order valence-electron chi connectivity index (χ2n) is 4.30. The number of hydrogen-bond donors (Lipinski definition) is 3. The second-order valence-corrected chi connectivity index (χ2v) is 4.30. The largest absolute Gasteiger partial charge is 0.496 e. The fraction of sp³-hybridized carbons (Fsp3) is 0.231. The quantitative estimate of drug-likeness (QED) is 0.784. The predicted octanol–water partition coefficient (Wildman–Crippen LogP) is 1.98. The number of hydrogen-bond acceptors (Lipinski definition) is 4. The van der Waals surface area contributed by atoms with Crippen LogP contribution in [0.1, 0.15) is 21.6 Å². The molecule has 0 amide bonds. The van der Waals surface area contributed by atoms with Crippen LogP contribution in [-0.2, 0) is 0 Å². The third-order valence-corrected chi connectivity index (χ3v) is 3.02. The van der Waals surface area contributed by atoms with Gasteiger partial charge in [0.15, 0.2) is 11.5 Å². The molecule has 19 heavy (non-hydrogen) atoms. The van der Waals surface area contributed by atoms with E-state index in [2.05, 4.69) is 10.2 Å². The summed E-state index contributed by atoms with van der Waals surface area (Å²) in [6.07, 6.45) is 0. The van der Waals surface area contributed by atoms with Crippen molar-refractivity contribution >= 4 is 11.8 Å². The molecule has 6 heteroatoms. The number of rotatable bonds is 3. The number of aromatic amines is 1. The summed E-state index contributed by atoms with van der Waals surface area (Å²) in [5.74, 6) is -0.169. The third kappa shape index (κ3) is 2.12. The highest BCUT2D eigenvalue weighted by atomic mass is 16.5. The van der Waals surface area contributed by atoms with Crippen LogP contribution in [0.3, 0.4) is 0 Å². The van der Waals surface area contributed by atoms with Gasteiger partial charge in [0.1, 0.15) is 5.75 Å². The van der Waals surface area contributed by atoms with Gasteiger partial charge in [0.25, 0.3) is 0 Å². The van der Waals surface area contributed by atoms with E-state index in [4.69, 9.17) is 15.6 Å². The lowest BCUT2D eigenvalue weighted by molar-refractivity contribution is 0.0691. The van der Waals surface area contributed by atoms with Crippen molar-refractivity contribution in [3.8, 4) is 16.9 Å². The number of nitrogens with zero attached hydrogens (tertiary/aromatic N) is 1. The van der Waals surface area contributed by atoms with E-state index < -0.39 is 5.97 Å². The van der Waals surface area contributed by atoms with Crippen molar-refractivity contribution in [3.05, 3.63) is 29.0 Å². The Hall–Kier alpha value is -2.50. The highest BCUT2D eigenvalue weighted by Crippen LogP contribution is 2.34. The number of nitrogens with one attached hydrogen (secondary N) is 1. The molecule has 0 unspecified atom stereocenters. The molecule has 0 saturated carbocycles. The fourth-order valence-corrected chi connectivity index (χ4v) is 2.06. The zero-order valence-electron chi connectivity index (χ0n) is 10.9. The van der Waals surface area contributed by atoms with E-state index in [-0.39, 0.29) is 11.5 Å². The maximum Gasteiger partial charge on any atom is 0.354 e. The molecule has 0 aliphatic carbocycles. The number of carboxylic acid groups (broad SMARTS) is 1. The van der Waals surface area contributed by atoms with Gasteiger partial charge in [-0.05, 0) is 42.7 Å². The molecule has 1 heterocycles. The number of nitrogens with two attached hydrogens (primary N) is 1. The lowest BCUT2D eigenvalue weighted by atomic mass is 9.97. The van der Waals surface area contributed by atoms with Crippen LogP contribution >= 0.6 is 0 Å². The van der Waals surface area contributed by atoms with Gasteiger partial charge in [-0.15, -0.1) is 0 Å². The summed E-state index contributed by atoms with van der Waals surface area (Å²) in [5, 5.41) is 15.4. The summed E-state index contributed by atoms with van der Waals surface area (Å²) in [6.45, 7) is 3.76. The highest BCUT2D eigenvalue weighted by Gasteiger charge is 2.20. The highest BCUT2D eigenvalue weighted by molar-refractivity contribution is 5.98. The first-order chi connectivity index (χ1) is 8.95. The molecule has 100 valence electrons. The molecule has 0 bridgehead atoms. The number of aryl methyl sites for hydroxylation is 2. The monoisotopic (exact) mass is 261 g/mol. The van der Waals surface area contributed by atoms with Crippen LogP contribution in [0.4, 0.5) is 5.82 Å². The van der Waals surface area contributed by atoms with Crippen molar-refractivity contribution in [1.29, 1.82) is 0 Å². The Kier molecular flexibility index (Phi) is 3.16. The number of methoxy groups -OCH3 is 1. The van der Waals surface area contributed by atoms with Crippen LogP contribution in [-0.4, -0.2) is 28.4 Å². The number of carboxylic acids is 1. The van der Waals surface area contributed by atoms with Gasteiger partial charge in [-0.25, -0.2) is 4.79 Å². The predicted molar refractivity (Wildman–Crippen MR) is 71.4 cm³/mol. The minimum absolute atomic E-state index is 0.00910. The topological polar surface area (TPSA) is 101 Å². The molecule has 0 fully saturated rings.